The zero-order valence-corrected chi connectivity index (χ0v) is 9.43. The van der Waals surface area contributed by atoms with Gasteiger partial charge in [0.15, 0.2) is 6.04 Å². The molecule has 1 saturated heterocycles. The molecular formula is C10H15NO5. The smallest absolute Gasteiger partial charge is 0.328 e. The molecule has 2 atom stereocenters. The van der Waals surface area contributed by atoms with Gasteiger partial charge in [-0.25, -0.2) is 4.79 Å². The van der Waals surface area contributed by atoms with Crippen LogP contribution < -0.4 is 0 Å². The zero-order chi connectivity index (χ0) is 12.5. The SMILES string of the molecule is CC(C)(C)ON1C[C@H](O)C(=C=O)[C@H]1C(=O)O. The first-order chi connectivity index (χ1) is 7.26. The quantitative estimate of drug-likeness (QED) is 0.627. The Morgan fingerprint density at radius 1 is 1.56 bits per heavy atom. The number of nitrogens with zero attached hydrogens (tertiary/aromatic N) is 1. The van der Waals surface area contributed by atoms with Crippen LogP contribution in [-0.4, -0.2) is 51.5 Å². The number of carbonyl (C=O) groups is 1. The molecule has 0 aromatic carbocycles. The molecule has 1 aliphatic rings. The van der Waals surface area contributed by atoms with Gasteiger partial charge in [-0.05, 0) is 20.8 Å². The molecule has 0 aliphatic carbocycles. The lowest BCUT2D eigenvalue weighted by atomic mass is 10.1. The molecule has 1 fully saturated rings. The molecule has 1 aliphatic heterocycles. The second-order valence-electron chi connectivity index (χ2n) is 4.62. The highest BCUT2D eigenvalue weighted by Gasteiger charge is 2.44. The highest BCUT2D eigenvalue weighted by atomic mass is 16.7. The van der Waals surface area contributed by atoms with E-state index in [4.69, 9.17) is 9.94 Å². The summed E-state index contributed by atoms with van der Waals surface area (Å²) in [5.41, 5.74) is -0.789. The van der Waals surface area contributed by atoms with E-state index < -0.39 is 23.7 Å². The largest absolute Gasteiger partial charge is 0.480 e. The number of hydrogen-bond acceptors (Lipinski definition) is 5. The molecule has 0 amide bonds. The first kappa shape index (κ1) is 12.9. The van der Waals surface area contributed by atoms with Gasteiger partial charge in [-0.1, -0.05) is 0 Å². The molecule has 0 saturated carbocycles. The minimum absolute atomic E-state index is 0.0428. The molecule has 0 bridgehead atoms. The van der Waals surface area contributed by atoms with Crippen molar-refractivity contribution in [1.82, 2.24) is 5.06 Å². The van der Waals surface area contributed by atoms with Crippen LogP contribution in [0, 0.1) is 0 Å². The Balaban J connectivity index is 2.95. The van der Waals surface area contributed by atoms with Crippen molar-refractivity contribution in [3.8, 4) is 0 Å². The van der Waals surface area contributed by atoms with Gasteiger partial charge in [-0.15, -0.1) is 0 Å². The first-order valence-corrected chi connectivity index (χ1v) is 4.88. The van der Waals surface area contributed by atoms with Gasteiger partial charge < -0.3 is 10.2 Å². The summed E-state index contributed by atoms with van der Waals surface area (Å²) in [7, 11) is 0. The summed E-state index contributed by atoms with van der Waals surface area (Å²) in [6.45, 7) is 5.21. The van der Waals surface area contributed by atoms with Crippen molar-refractivity contribution < 1.29 is 24.6 Å². The van der Waals surface area contributed by atoms with E-state index in [9.17, 15) is 14.7 Å². The number of hydroxylamine groups is 2. The molecule has 6 heteroatoms. The number of carbonyl (C=O) groups excluding carboxylic acids is 1. The number of carboxylic acids is 1. The van der Waals surface area contributed by atoms with Crippen molar-refractivity contribution in [2.45, 2.75) is 38.5 Å². The summed E-state index contributed by atoms with van der Waals surface area (Å²) in [4.78, 5) is 26.9. The Kier molecular flexibility index (Phi) is 3.50. The minimum Gasteiger partial charge on any atom is -0.480 e. The number of aliphatic carboxylic acids is 1. The van der Waals surface area contributed by atoms with E-state index in [1.54, 1.807) is 20.8 Å². The van der Waals surface area contributed by atoms with E-state index >= 15 is 0 Å². The molecule has 0 spiro atoms. The van der Waals surface area contributed by atoms with Gasteiger partial charge in [0, 0.05) is 0 Å². The number of hydrogen-bond donors (Lipinski definition) is 2. The summed E-state index contributed by atoms with van der Waals surface area (Å²) in [6, 6.07) is -1.26. The van der Waals surface area contributed by atoms with Crippen molar-refractivity contribution in [2.75, 3.05) is 6.54 Å². The standard InChI is InChI=1S/C10H15NO5/c1-10(2,3)16-11-4-7(13)6(5-12)8(11)9(14)15/h7-8,13H,4H2,1-3H3,(H,14,15)/t7-,8-/m0/s1. The van der Waals surface area contributed by atoms with Crippen LogP contribution in [0.2, 0.25) is 0 Å². The highest BCUT2D eigenvalue weighted by molar-refractivity contribution is 5.82. The third kappa shape index (κ3) is 2.68. The normalized spacial score (nSPS) is 26.9. The molecule has 16 heavy (non-hydrogen) atoms. The molecule has 0 unspecified atom stereocenters. The van der Waals surface area contributed by atoms with Crippen LogP contribution in [0.5, 0.6) is 0 Å². The Morgan fingerprint density at radius 2 is 2.12 bits per heavy atom. The maximum atomic E-state index is 11.0. The monoisotopic (exact) mass is 229 g/mol. The van der Waals surface area contributed by atoms with Crippen molar-refractivity contribution in [1.29, 1.82) is 0 Å². The van der Waals surface area contributed by atoms with Crippen molar-refractivity contribution in [2.24, 2.45) is 0 Å². The summed E-state index contributed by atoms with van der Waals surface area (Å²) in [5.74, 6) is 0.238. The number of rotatable bonds is 2. The second kappa shape index (κ2) is 4.35. The third-order valence-electron chi connectivity index (χ3n) is 2.04. The Morgan fingerprint density at radius 3 is 2.50 bits per heavy atom. The van der Waals surface area contributed by atoms with E-state index in [0.717, 1.165) is 5.06 Å². The first-order valence-electron chi connectivity index (χ1n) is 4.88. The lowest BCUT2D eigenvalue weighted by molar-refractivity contribution is -0.237. The van der Waals surface area contributed by atoms with Gasteiger partial charge in [0.25, 0.3) is 0 Å². The molecule has 0 aromatic rings. The van der Waals surface area contributed by atoms with Crippen LogP contribution >= 0.6 is 0 Å². The zero-order valence-electron chi connectivity index (χ0n) is 9.43. The van der Waals surface area contributed by atoms with E-state index in [2.05, 4.69) is 0 Å². The van der Waals surface area contributed by atoms with Crippen LogP contribution in [0.3, 0.4) is 0 Å². The molecule has 6 nitrogen and oxygen atoms in total. The van der Waals surface area contributed by atoms with E-state index in [1.165, 1.54) is 5.94 Å². The predicted octanol–water partition coefficient (Wildman–Crippen LogP) is -0.396. The maximum Gasteiger partial charge on any atom is 0.328 e. The average molecular weight is 229 g/mol. The van der Waals surface area contributed by atoms with E-state index in [1.807, 2.05) is 0 Å². The highest BCUT2D eigenvalue weighted by Crippen LogP contribution is 2.25. The number of β-amino-alcohol motifs (C(OH)–C–C–N with tert-alkyl or cyclic N) is 1. The maximum absolute atomic E-state index is 11.0. The van der Waals surface area contributed by atoms with Gasteiger partial charge in [0.1, 0.15) is 12.0 Å². The van der Waals surface area contributed by atoms with Crippen LogP contribution in [0.15, 0.2) is 5.57 Å². The topological polar surface area (TPSA) is 87.1 Å². The molecule has 2 N–H and O–H groups in total. The van der Waals surface area contributed by atoms with E-state index in [-0.39, 0.29) is 12.1 Å². The summed E-state index contributed by atoms with van der Waals surface area (Å²) >= 11 is 0. The van der Waals surface area contributed by atoms with Crippen molar-refractivity contribution in [3.63, 3.8) is 0 Å². The molecule has 1 rings (SSSR count). The van der Waals surface area contributed by atoms with Gasteiger partial charge in [-0.3, -0.25) is 9.63 Å². The fourth-order valence-corrected chi connectivity index (χ4v) is 1.53. The number of aliphatic hydroxyl groups excluding tert-OH is 1. The van der Waals surface area contributed by atoms with Crippen molar-refractivity contribution in [3.05, 3.63) is 5.57 Å². The van der Waals surface area contributed by atoms with Gasteiger partial charge >= 0.3 is 5.97 Å². The molecule has 0 aromatic heterocycles. The average Bonchev–Trinajstić information content (AvgIpc) is 2.38. The fraction of sp³-hybridized carbons (Fsp3) is 0.700. The van der Waals surface area contributed by atoms with Crippen LogP contribution in [0.1, 0.15) is 20.8 Å². The second-order valence-corrected chi connectivity index (χ2v) is 4.62. The lowest BCUT2D eigenvalue weighted by Gasteiger charge is -2.28. The van der Waals surface area contributed by atoms with Crippen LogP contribution in [-0.2, 0) is 14.4 Å². The Labute approximate surface area is 93.1 Å². The number of aliphatic hydroxyl groups is 1. The van der Waals surface area contributed by atoms with Gasteiger partial charge in [-0.2, -0.15) is 5.06 Å². The molecule has 0 radical (unpaired) electrons. The van der Waals surface area contributed by atoms with Gasteiger partial charge in [0.2, 0.25) is 0 Å². The summed E-state index contributed by atoms with van der Waals surface area (Å²) in [6.07, 6.45) is -1.14. The fourth-order valence-electron chi connectivity index (χ4n) is 1.53. The summed E-state index contributed by atoms with van der Waals surface area (Å²) < 4.78 is 0. The predicted molar refractivity (Wildman–Crippen MR) is 54.2 cm³/mol. The Hall–Kier alpha value is -1.20. The number of carboxylic acid groups (broad SMARTS) is 1. The molecule has 90 valence electrons. The molecule has 1 heterocycles. The lowest BCUT2D eigenvalue weighted by Crippen LogP contribution is -2.41. The minimum atomic E-state index is -1.26. The third-order valence-corrected chi connectivity index (χ3v) is 2.04. The summed E-state index contributed by atoms with van der Waals surface area (Å²) in [5, 5.41) is 19.6. The Bertz CT molecular complexity index is 340. The van der Waals surface area contributed by atoms with Gasteiger partial charge in [0.05, 0.1) is 17.7 Å². The van der Waals surface area contributed by atoms with Crippen LogP contribution in [0.4, 0.5) is 0 Å². The van der Waals surface area contributed by atoms with Crippen molar-refractivity contribution >= 4 is 11.9 Å². The van der Waals surface area contributed by atoms with Crippen LogP contribution in [0.25, 0.3) is 0 Å². The molecular weight excluding hydrogens is 214 g/mol. The van der Waals surface area contributed by atoms with E-state index in [0.29, 0.717) is 0 Å².